The number of morpholine rings is 1. The van der Waals surface area contributed by atoms with E-state index < -0.39 is 0 Å². The average molecular weight is 307 g/mol. The van der Waals surface area contributed by atoms with Gasteiger partial charge in [-0.1, -0.05) is 6.07 Å². The first-order chi connectivity index (χ1) is 10.7. The van der Waals surface area contributed by atoms with Crippen LogP contribution in [0, 0.1) is 0 Å². The van der Waals surface area contributed by atoms with E-state index in [1.807, 2.05) is 18.2 Å². The number of benzene rings is 1. The molecule has 0 aliphatic carbocycles. The molecule has 0 unspecified atom stereocenters. The summed E-state index contributed by atoms with van der Waals surface area (Å²) in [6.07, 6.45) is 1.15. The van der Waals surface area contributed by atoms with Gasteiger partial charge in [-0.15, -0.1) is 0 Å². The highest BCUT2D eigenvalue weighted by atomic mass is 16.5. The van der Waals surface area contributed by atoms with Crippen molar-refractivity contribution in [2.75, 3.05) is 52.2 Å². The van der Waals surface area contributed by atoms with Gasteiger partial charge in [0.2, 0.25) is 5.91 Å². The first-order valence-electron chi connectivity index (χ1n) is 7.68. The van der Waals surface area contributed by atoms with Crippen LogP contribution in [0.15, 0.2) is 18.2 Å². The van der Waals surface area contributed by atoms with Gasteiger partial charge in [-0.3, -0.25) is 9.69 Å². The SMILES string of the molecule is COc1ccc(CCC(=O)NCCN2CCOCC2)cc1N. The van der Waals surface area contributed by atoms with Gasteiger partial charge in [0, 0.05) is 32.6 Å². The summed E-state index contributed by atoms with van der Waals surface area (Å²) in [5.74, 6) is 0.737. The van der Waals surface area contributed by atoms with Crippen LogP contribution in [0.3, 0.4) is 0 Å². The number of hydrogen-bond donors (Lipinski definition) is 2. The molecule has 0 aromatic heterocycles. The first kappa shape index (κ1) is 16.6. The number of nitrogens with two attached hydrogens (primary N) is 1. The van der Waals surface area contributed by atoms with E-state index in [2.05, 4.69) is 10.2 Å². The number of carbonyl (C=O) groups excluding carboxylic acids is 1. The normalized spacial score (nSPS) is 15.5. The van der Waals surface area contributed by atoms with Crippen LogP contribution in [0.1, 0.15) is 12.0 Å². The highest BCUT2D eigenvalue weighted by Crippen LogP contribution is 2.22. The Morgan fingerprint density at radius 3 is 2.86 bits per heavy atom. The fourth-order valence-corrected chi connectivity index (χ4v) is 2.46. The molecule has 1 amide bonds. The molecule has 0 radical (unpaired) electrons. The van der Waals surface area contributed by atoms with E-state index in [-0.39, 0.29) is 5.91 Å². The Morgan fingerprint density at radius 1 is 1.41 bits per heavy atom. The van der Waals surface area contributed by atoms with Crippen molar-refractivity contribution < 1.29 is 14.3 Å². The minimum atomic E-state index is 0.0719. The quantitative estimate of drug-likeness (QED) is 0.724. The van der Waals surface area contributed by atoms with Crippen LogP contribution >= 0.6 is 0 Å². The number of methoxy groups -OCH3 is 1. The number of hydrogen-bond acceptors (Lipinski definition) is 5. The number of ether oxygens (including phenoxy) is 2. The molecule has 0 bridgehead atoms. The van der Waals surface area contributed by atoms with Crippen LogP contribution in [-0.2, 0) is 16.0 Å². The Bertz CT molecular complexity index is 488. The molecule has 1 heterocycles. The lowest BCUT2D eigenvalue weighted by molar-refractivity contribution is -0.121. The number of amides is 1. The van der Waals surface area contributed by atoms with Crippen LogP contribution in [0.25, 0.3) is 0 Å². The number of rotatable bonds is 7. The fraction of sp³-hybridized carbons (Fsp3) is 0.562. The fourth-order valence-electron chi connectivity index (χ4n) is 2.46. The maximum atomic E-state index is 11.9. The minimum absolute atomic E-state index is 0.0719. The molecule has 0 spiro atoms. The number of nitrogens with one attached hydrogen (secondary N) is 1. The molecule has 0 saturated carbocycles. The number of nitrogen functional groups attached to an aromatic ring is 1. The van der Waals surface area contributed by atoms with E-state index in [9.17, 15) is 4.79 Å². The predicted molar refractivity (Wildman–Crippen MR) is 86.0 cm³/mol. The summed E-state index contributed by atoms with van der Waals surface area (Å²) in [6, 6.07) is 5.64. The third-order valence-electron chi connectivity index (χ3n) is 3.79. The van der Waals surface area contributed by atoms with Gasteiger partial charge >= 0.3 is 0 Å². The Kier molecular flexibility index (Phi) is 6.48. The molecule has 22 heavy (non-hydrogen) atoms. The second-order valence-corrected chi connectivity index (χ2v) is 5.38. The van der Waals surface area contributed by atoms with Crippen LogP contribution < -0.4 is 15.8 Å². The van der Waals surface area contributed by atoms with Crippen molar-refractivity contribution >= 4 is 11.6 Å². The molecule has 0 atom stereocenters. The molecule has 1 aliphatic rings. The summed E-state index contributed by atoms with van der Waals surface area (Å²) in [7, 11) is 1.59. The Labute approximate surface area is 131 Å². The maximum absolute atomic E-state index is 11.9. The van der Waals surface area contributed by atoms with Gasteiger partial charge in [-0.2, -0.15) is 0 Å². The first-order valence-corrected chi connectivity index (χ1v) is 7.68. The highest BCUT2D eigenvalue weighted by molar-refractivity contribution is 5.76. The summed E-state index contributed by atoms with van der Waals surface area (Å²) in [4.78, 5) is 14.2. The largest absolute Gasteiger partial charge is 0.495 e. The van der Waals surface area contributed by atoms with Crippen molar-refractivity contribution in [3.8, 4) is 5.75 Å². The zero-order valence-electron chi connectivity index (χ0n) is 13.1. The molecule has 6 nitrogen and oxygen atoms in total. The summed E-state index contributed by atoms with van der Waals surface area (Å²) in [5, 5.41) is 2.96. The monoisotopic (exact) mass is 307 g/mol. The molecule has 6 heteroatoms. The van der Waals surface area contributed by atoms with Gasteiger partial charge in [0.25, 0.3) is 0 Å². The molecule has 2 rings (SSSR count). The van der Waals surface area contributed by atoms with Crippen molar-refractivity contribution in [3.05, 3.63) is 23.8 Å². The van der Waals surface area contributed by atoms with Gasteiger partial charge in [0.1, 0.15) is 5.75 Å². The van der Waals surface area contributed by atoms with Crippen LogP contribution in [0.4, 0.5) is 5.69 Å². The molecular formula is C16H25N3O3. The molecular weight excluding hydrogens is 282 g/mol. The number of nitrogens with zero attached hydrogens (tertiary/aromatic N) is 1. The lowest BCUT2D eigenvalue weighted by Gasteiger charge is -2.26. The van der Waals surface area contributed by atoms with E-state index in [1.54, 1.807) is 7.11 Å². The van der Waals surface area contributed by atoms with Gasteiger partial charge in [-0.05, 0) is 24.1 Å². The van der Waals surface area contributed by atoms with Gasteiger partial charge in [0.15, 0.2) is 0 Å². The number of anilines is 1. The summed E-state index contributed by atoms with van der Waals surface area (Å²) < 4.78 is 10.4. The zero-order chi connectivity index (χ0) is 15.8. The van der Waals surface area contributed by atoms with Crippen molar-refractivity contribution in [2.24, 2.45) is 0 Å². The van der Waals surface area contributed by atoms with Crippen LogP contribution in [0.5, 0.6) is 5.75 Å². The topological polar surface area (TPSA) is 76.8 Å². The second-order valence-electron chi connectivity index (χ2n) is 5.38. The standard InChI is InChI=1S/C16H25N3O3/c1-21-15-4-2-13(12-14(15)17)3-5-16(20)18-6-7-19-8-10-22-11-9-19/h2,4,12H,3,5-11,17H2,1H3,(H,18,20). The lowest BCUT2D eigenvalue weighted by Crippen LogP contribution is -2.41. The van der Waals surface area contributed by atoms with E-state index in [0.29, 0.717) is 30.8 Å². The summed E-state index contributed by atoms with van der Waals surface area (Å²) >= 11 is 0. The van der Waals surface area contributed by atoms with E-state index in [4.69, 9.17) is 15.2 Å². The maximum Gasteiger partial charge on any atom is 0.220 e. The summed E-state index contributed by atoms with van der Waals surface area (Å²) in [6.45, 7) is 5.02. The third-order valence-corrected chi connectivity index (χ3v) is 3.79. The predicted octanol–water partition coefficient (Wildman–Crippen LogP) is 0.658. The van der Waals surface area contributed by atoms with Crippen LogP contribution in [0.2, 0.25) is 0 Å². The Balaban J connectivity index is 1.65. The third kappa shape index (κ3) is 5.20. The van der Waals surface area contributed by atoms with E-state index in [0.717, 1.165) is 38.4 Å². The van der Waals surface area contributed by atoms with Crippen molar-refractivity contribution in [3.63, 3.8) is 0 Å². The molecule has 1 fully saturated rings. The molecule has 3 N–H and O–H groups in total. The van der Waals surface area contributed by atoms with Gasteiger partial charge in [-0.25, -0.2) is 0 Å². The van der Waals surface area contributed by atoms with Crippen molar-refractivity contribution in [1.29, 1.82) is 0 Å². The highest BCUT2D eigenvalue weighted by Gasteiger charge is 2.10. The Hall–Kier alpha value is -1.79. The smallest absolute Gasteiger partial charge is 0.220 e. The molecule has 122 valence electrons. The van der Waals surface area contributed by atoms with E-state index in [1.165, 1.54) is 0 Å². The van der Waals surface area contributed by atoms with Crippen LogP contribution in [-0.4, -0.2) is 57.3 Å². The molecule has 1 saturated heterocycles. The Morgan fingerprint density at radius 2 is 2.18 bits per heavy atom. The zero-order valence-corrected chi connectivity index (χ0v) is 13.1. The average Bonchev–Trinajstić information content (AvgIpc) is 2.54. The lowest BCUT2D eigenvalue weighted by atomic mass is 10.1. The minimum Gasteiger partial charge on any atom is -0.495 e. The second kappa shape index (κ2) is 8.60. The summed E-state index contributed by atoms with van der Waals surface area (Å²) in [5.41, 5.74) is 7.51. The van der Waals surface area contributed by atoms with E-state index >= 15 is 0 Å². The number of aryl methyl sites for hydroxylation is 1. The number of carbonyl (C=O) groups is 1. The van der Waals surface area contributed by atoms with Crippen molar-refractivity contribution in [2.45, 2.75) is 12.8 Å². The molecule has 1 aromatic carbocycles. The van der Waals surface area contributed by atoms with Gasteiger partial charge in [0.05, 0.1) is 26.0 Å². The molecule has 1 aliphatic heterocycles. The van der Waals surface area contributed by atoms with Crippen molar-refractivity contribution in [1.82, 2.24) is 10.2 Å². The van der Waals surface area contributed by atoms with Gasteiger partial charge < -0.3 is 20.5 Å². The molecule has 1 aromatic rings.